The van der Waals surface area contributed by atoms with Crippen molar-refractivity contribution in [1.29, 1.82) is 0 Å². The lowest BCUT2D eigenvalue weighted by atomic mass is 9.99. The van der Waals surface area contributed by atoms with Gasteiger partial charge in [-0.25, -0.2) is 0 Å². The number of amides is 1. The number of carbonyl (C=O) groups excluding carboxylic acids is 1. The van der Waals surface area contributed by atoms with Crippen molar-refractivity contribution in [2.24, 2.45) is 0 Å². The summed E-state index contributed by atoms with van der Waals surface area (Å²) in [6, 6.07) is 16.0. The van der Waals surface area contributed by atoms with Crippen molar-refractivity contribution in [3.63, 3.8) is 0 Å². The van der Waals surface area contributed by atoms with E-state index in [-0.39, 0.29) is 17.6 Å². The molecule has 0 bridgehead atoms. The number of piperidine rings is 1. The average Bonchev–Trinajstić information content (AvgIpc) is 3.40. The van der Waals surface area contributed by atoms with Gasteiger partial charge in [-0.1, -0.05) is 42.8 Å². The van der Waals surface area contributed by atoms with Gasteiger partial charge in [0.2, 0.25) is 0 Å². The molecule has 1 saturated heterocycles. The first-order valence-corrected chi connectivity index (χ1v) is 11.9. The highest BCUT2D eigenvalue weighted by molar-refractivity contribution is 5.93. The number of rotatable bonds is 9. The molecule has 1 aliphatic heterocycles. The molecule has 1 N–H and O–H groups in total. The van der Waals surface area contributed by atoms with Crippen LogP contribution in [0.3, 0.4) is 0 Å². The number of benzene rings is 2. The second kappa shape index (κ2) is 11.2. The summed E-state index contributed by atoms with van der Waals surface area (Å²) < 4.78 is 16.1. The number of aromatic nitrogens is 1. The Hall–Kier alpha value is -3.32. The summed E-state index contributed by atoms with van der Waals surface area (Å²) in [6.07, 6.45) is 4.66. The summed E-state index contributed by atoms with van der Waals surface area (Å²) in [5.74, 6) is 1.46. The Labute approximate surface area is 201 Å². The maximum Gasteiger partial charge on any atom is 0.273 e. The van der Waals surface area contributed by atoms with E-state index in [1.807, 2.05) is 6.07 Å². The Morgan fingerprint density at radius 3 is 2.44 bits per heavy atom. The average molecular weight is 464 g/mol. The summed E-state index contributed by atoms with van der Waals surface area (Å²) in [4.78, 5) is 15.4. The molecule has 7 heteroatoms. The molecule has 1 fully saturated rings. The van der Waals surface area contributed by atoms with Crippen LogP contribution in [0.2, 0.25) is 0 Å². The second-order valence-corrected chi connectivity index (χ2v) is 8.56. The van der Waals surface area contributed by atoms with Crippen molar-refractivity contribution in [3.8, 4) is 22.8 Å². The Kier molecular flexibility index (Phi) is 7.85. The monoisotopic (exact) mass is 463 g/mol. The second-order valence-electron chi connectivity index (χ2n) is 8.56. The fraction of sp³-hybridized carbons (Fsp3) is 0.407. The minimum Gasteiger partial charge on any atom is -0.493 e. The first-order chi connectivity index (χ1) is 16.6. The lowest BCUT2D eigenvalue weighted by Crippen LogP contribution is -2.40. The molecular formula is C27H33N3O4. The molecule has 180 valence electrons. The quantitative estimate of drug-likeness (QED) is 0.488. The fourth-order valence-corrected chi connectivity index (χ4v) is 4.45. The van der Waals surface area contributed by atoms with Crippen LogP contribution in [0.25, 0.3) is 11.3 Å². The number of hydrogen-bond donors (Lipinski definition) is 1. The standard InChI is InChI=1S/C27H33N3O4/c1-4-19-8-10-20(11-9-19)23(30-14-6-5-7-15-30)18-28-27(31)22-17-25(34-29-22)21-12-13-24(32-2)26(16-21)33-3/h8-13,16-17,23H,4-7,14-15,18H2,1-3H3,(H,28,31). The van der Waals surface area contributed by atoms with Gasteiger partial charge in [-0.05, 0) is 61.7 Å². The van der Waals surface area contributed by atoms with Gasteiger partial charge in [0.25, 0.3) is 5.91 Å². The number of hydrogen-bond acceptors (Lipinski definition) is 6. The molecule has 0 radical (unpaired) electrons. The molecule has 2 aromatic carbocycles. The van der Waals surface area contributed by atoms with Crippen LogP contribution in [0.1, 0.15) is 53.8 Å². The van der Waals surface area contributed by atoms with E-state index in [2.05, 4.69) is 46.6 Å². The Morgan fingerprint density at radius 2 is 1.76 bits per heavy atom. The zero-order valence-electron chi connectivity index (χ0n) is 20.2. The predicted octanol–water partition coefficient (Wildman–Crippen LogP) is 4.88. The molecule has 0 saturated carbocycles. The van der Waals surface area contributed by atoms with Crippen molar-refractivity contribution in [3.05, 3.63) is 65.4 Å². The molecule has 1 aromatic heterocycles. The van der Waals surface area contributed by atoms with Crippen molar-refractivity contribution in [2.45, 2.75) is 38.6 Å². The number of methoxy groups -OCH3 is 2. The van der Waals surface area contributed by atoms with Crippen LogP contribution in [0.15, 0.2) is 53.1 Å². The van der Waals surface area contributed by atoms with Crippen molar-refractivity contribution in [2.75, 3.05) is 33.9 Å². The van der Waals surface area contributed by atoms with Crippen molar-refractivity contribution < 1.29 is 18.8 Å². The Morgan fingerprint density at radius 1 is 1.03 bits per heavy atom. The van der Waals surface area contributed by atoms with E-state index in [1.54, 1.807) is 32.4 Å². The third kappa shape index (κ3) is 5.42. The van der Waals surface area contributed by atoms with Gasteiger partial charge >= 0.3 is 0 Å². The maximum absolute atomic E-state index is 12.9. The molecule has 4 rings (SSSR count). The molecule has 34 heavy (non-hydrogen) atoms. The molecule has 1 aliphatic rings. The van der Waals surface area contributed by atoms with Crippen LogP contribution in [-0.2, 0) is 6.42 Å². The van der Waals surface area contributed by atoms with E-state index in [0.717, 1.165) is 25.1 Å². The minimum absolute atomic E-state index is 0.132. The highest BCUT2D eigenvalue weighted by Gasteiger charge is 2.24. The van der Waals surface area contributed by atoms with Gasteiger partial charge in [-0.2, -0.15) is 0 Å². The van der Waals surface area contributed by atoms with Crippen LogP contribution in [0, 0.1) is 0 Å². The highest BCUT2D eigenvalue weighted by Crippen LogP contribution is 2.32. The van der Waals surface area contributed by atoms with Crippen molar-refractivity contribution >= 4 is 5.91 Å². The number of carbonyl (C=O) groups is 1. The molecular weight excluding hydrogens is 430 g/mol. The molecule has 2 heterocycles. The zero-order valence-corrected chi connectivity index (χ0v) is 20.2. The maximum atomic E-state index is 12.9. The summed E-state index contributed by atoms with van der Waals surface area (Å²) in [6.45, 7) is 4.77. The van der Waals surface area contributed by atoms with Gasteiger partial charge in [0.15, 0.2) is 23.0 Å². The third-order valence-corrected chi connectivity index (χ3v) is 6.47. The number of nitrogens with zero attached hydrogens (tertiary/aromatic N) is 2. The first-order valence-electron chi connectivity index (χ1n) is 11.9. The fourth-order valence-electron chi connectivity index (χ4n) is 4.45. The zero-order chi connectivity index (χ0) is 23.9. The van der Waals surface area contributed by atoms with Gasteiger partial charge in [-0.3, -0.25) is 9.69 Å². The Bertz CT molecular complexity index is 1090. The van der Waals surface area contributed by atoms with Crippen LogP contribution >= 0.6 is 0 Å². The molecule has 1 amide bonds. The van der Waals surface area contributed by atoms with Crippen LogP contribution in [-0.4, -0.2) is 49.8 Å². The van der Waals surface area contributed by atoms with Gasteiger partial charge in [0, 0.05) is 18.2 Å². The lowest BCUT2D eigenvalue weighted by molar-refractivity contribution is 0.0915. The van der Waals surface area contributed by atoms with E-state index in [4.69, 9.17) is 14.0 Å². The van der Waals surface area contributed by atoms with E-state index in [0.29, 0.717) is 23.8 Å². The summed E-state index contributed by atoms with van der Waals surface area (Å²) >= 11 is 0. The highest BCUT2D eigenvalue weighted by atomic mass is 16.5. The van der Waals surface area contributed by atoms with Gasteiger partial charge in [0.05, 0.1) is 20.3 Å². The van der Waals surface area contributed by atoms with Gasteiger partial charge < -0.3 is 19.3 Å². The predicted molar refractivity (Wildman–Crippen MR) is 131 cm³/mol. The summed E-state index contributed by atoms with van der Waals surface area (Å²) in [7, 11) is 3.17. The smallest absolute Gasteiger partial charge is 0.273 e. The summed E-state index contributed by atoms with van der Waals surface area (Å²) in [5, 5.41) is 7.08. The van der Waals surface area contributed by atoms with E-state index in [9.17, 15) is 4.79 Å². The van der Waals surface area contributed by atoms with Crippen LogP contribution in [0.4, 0.5) is 0 Å². The van der Waals surface area contributed by atoms with Crippen LogP contribution < -0.4 is 14.8 Å². The molecule has 0 spiro atoms. The molecule has 3 aromatic rings. The summed E-state index contributed by atoms with van der Waals surface area (Å²) in [5.41, 5.74) is 3.55. The third-order valence-electron chi connectivity index (χ3n) is 6.47. The number of aryl methyl sites for hydroxylation is 1. The van der Waals surface area contributed by atoms with E-state index < -0.39 is 0 Å². The molecule has 1 unspecified atom stereocenters. The van der Waals surface area contributed by atoms with E-state index >= 15 is 0 Å². The van der Waals surface area contributed by atoms with Crippen molar-refractivity contribution in [1.82, 2.24) is 15.4 Å². The SMILES string of the molecule is CCc1ccc(C(CNC(=O)c2cc(-c3ccc(OC)c(OC)c3)on2)N2CCCCC2)cc1. The number of nitrogens with one attached hydrogen (secondary N) is 1. The van der Waals surface area contributed by atoms with E-state index in [1.165, 1.54) is 30.4 Å². The van der Waals surface area contributed by atoms with Crippen LogP contribution in [0.5, 0.6) is 11.5 Å². The molecule has 1 atom stereocenters. The largest absolute Gasteiger partial charge is 0.493 e. The minimum atomic E-state index is -0.248. The normalized spacial score (nSPS) is 15.0. The Balaban J connectivity index is 1.47. The van der Waals surface area contributed by atoms with Gasteiger partial charge in [0.1, 0.15) is 0 Å². The number of ether oxygens (including phenoxy) is 2. The number of likely N-dealkylation sites (tertiary alicyclic amines) is 1. The molecule has 0 aliphatic carbocycles. The van der Waals surface area contributed by atoms with Gasteiger partial charge in [-0.15, -0.1) is 0 Å². The first kappa shape index (κ1) is 23.8. The lowest BCUT2D eigenvalue weighted by Gasteiger charge is -2.35. The molecule has 7 nitrogen and oxygen atoms in total. The topological polar surface area (TPSA) is 76.8 Å².